The van der Waals surface area contributed by atoms with Crippen molar-refractivity contribution < 1.29 is 19.1 Å². The lowest BCUT2D eigenvalue weighted by Crippen LogP contribution is -2.19. The van der Waals surface area contributed by atoms with Gasteiger partial charge in [0, 0.05) is 0 Å². The van der Waals surface area contributed by atoms with E-state index in [1.807, 2.05) is 6.92 Å². The van der Waals surface area contributed by atoms with Gasteiger partial charge in [0.15, 0.2) is 0 Å². The third kappa shape index (κ3) is 12.0. The Morgan fingerprint density at radius 2 is 1.55 bits per heavy atom. The zero-order valence-corrected chi connectivity index (χ0v) is 13.3. The highest BCUT2D eigenvalue weighted by Gasteiger charge is 2.14. The Morgan fingerprint density at radius 3 is 2.20 bits per heavy atom. The maximum Gasteiger partial charge on any atom is 0.317 e. The van der Waals surface area contributed by atoms with E-state index in [-0.39, 0.29) is 12.5 Å². The summed E-state index contributed by atoms with van der Waals surface area (Å²) in [5, 5.41) is 0. The van der Waals surface area contributed by atoms with Gasteiger partial charge < -0.3 is 9.47 Å². The second-order valence-electron chi connectivity index (χ2n) is 5.25. The Hall–Kier alpha value is -1.06. The molecule has 0 saturated heterocycles. The molecule has 0 rings (SSSR count). The summed E-state index contributed by atoms with van der Waals surface area (Å²) in [6.45, 7) is 6.53. The fourth-order valence-corrected chi connectivity index (χ4v) is 1.89. The number of hydrogen-bond donors (Lipinski definition) is 0. The molecule has 20 heavy (non-hydrogen) atoms. The molecule has 0 aromatic rings. The van der Waals surface area contributed by atoms with Crippen molar-refractivity contribution in [3.05, 3.63) is 0 Å². The van der Waals surface area contributed by atoms with Gasteiger partial charge in [0.2, 0.25) is 0 Å². The van der Waals surface area contributed by atoms with E-state index < -0.39 is 11.9 Å². The van der Waals surface area contributed by atoms with Crippen LogP contribution in [0.2, 0.25) is 0 Å². The molecule has 0 aromatic carbocycles. The Morgan fingerprint density at radius 1 is 0.900 bits per heavy atom. The van der Waals surface area contributed by atoms with Crippen LogP contribution in [0.1, 0.15) is 78.6 Å². The van der Waals surface area contributed by atoms with Crippen molar-refractivity contribution >= 4 is 11.9 Å². The average molecular weight is 286 g/mol. The fourth-order valence-electron chi connectivity index (χ4n) is 1.89. The SMILES string of the molecule is CCCCCCOC(=O)CC(=O)OC(C)CCCCC. The van der Waals surface area contributed by atoms with Crippen molar-refractivity contribution in [2.75, 3.05) is 6.61 Å². The van der Waals surface area contributed by atoms with Gasteiger partial charge in [-0.25, -0.2) is 0 Å². The average Bonchev–Trinajstić information content (AvgIpc) is 2.38. The molecule has 0 spiro atoms. The van der Waals surface area contributed by atoms with Crippen molar-refractivity contribution in [2.24, 2.45) is 0 Å². The molecule has 0 aromatic heterocycles. The summed E-state index contributed by atoms with van der Waals surface area (Å²) < 4.78 is 10.2. The molecule has 0 bridgehead atoms. The largest absolute Gasteiger partial charge is 0.465 e. The summed E-state index contributed by atoms with van der Waals surface area (Å²) in [6, 6.07) is 0. The standard InChI is InChI=1S/C16H30O4/c1-4-6-8-10-12-19-15(17)13-16(18)20-14(3)11-9-7-5-2/h14H,4-13H2,1-3H3. The topological polar surface area (TPSA) is 52.6 Å². The third-order valence-electron chi connectivity index (χ3n) is 3.10. The van der Waals surface area contributed by atoms with Crippen LogP contribution >= 0.6 is 0 Å². The van der Waals surface area contributed by atoms with Crippen LogP contribution in [-0.2, 0) is 19.1 Å². The number of ether oxygens (including phenoxy) is 2. The highest BCUT2D eigenvalue weighted by atomic mass is 16.6. The summed E-state index contributed by atoms with van der Waals surface area (Å²) in [5.74, 6) is -0.959. The van der Waals surface area contributed by atoms with Gasteiger partial charge in [-0.2, -0.15) is 0 Å². The zero-order valence-electron chi connectivity index (χ0n) is 13.3. The molecule has 0 N–H and O–H groups in total. The summed E-state index contributed by atoms with van der Waals surface area (Å²) in [5.41, 5.74) is 0. The van der Waals surface area contributed by atoms with E-state index in [0.29, 0.717) is 6.61 Å². The van der Waals surface area contributed by atoms with E-state index in [4.69, 9.17) is 9.47 Å². The first-order valence-electron chi connectivity index (χ1n) is 7.95. The van der Waals surface area contributed by atoms with Crippen LogP contribution in [0, 0.1) is 0 Å². The first kappa shape index (κ1) is 18.9. The number of rotatable bonds is 12. The predicted octanol–water partition coefficient (Wildman–Crippen LogP) is 4.01. The molecular formula is C16H30O4. The molecule has 1 unspecified atom stereocenters. The lowest BCUT2D eigenvalue weighted by molar-refractivity contribution is -0.157. The van der Waals surface area contributed by atoms with Gasteiger partial charge in [-0.3, -0.25) is 9.59 Å². The Kier molecular flexibility index (Phi) is 12.3. The van der Waals surface area contributed by atoms with Crippen LogP contribution in [0.25, 0.3) is 0 Å². The Bertz CT molecular complexity index is 263. The summed E-state index contributed by atoms with van der Waals surface area (Å²) in [6.07, 6.45) is 8.01. The van der Waals surface area contributed by atoms with Gasteiger partial charge in [0.25, 0.3) is 0 Å². The van der Waals surface area contributed by atoms with Crippen LogP contribution in [0.5, 0.6) is 0 Å². The molecule has 118 valence electrons. The van der Waals surface area contributed by atoms with E-state index in [9.17, 15) is 9.59 Å². The van der Waals surface area contributed by atoms with E-state index >= 15 is 0 Å². The molecule has 0 aliphatic carbocycles. The quantitative estimate of drug-likeness (QED) is 0.309. The van der Waals surface area contributed by atoms with Crippen molar-refractivity contribution in [1.82, 2.24) is 0 Å². The summed E-state index contributed by atoms with van der Waals surface area (Å²) >= 11 is 0. The van der Waals surface area contributed by atoms with Crippen LogP contribution in [0.4, 0.5) is 0 Å². The molecule has 0 saturated carbocycles. The highest BCUT2D eigenvalue weighted by Crippen LogP contribution is 2.07. The van der Waals surface area contributed by atoms with Gasteiger partial charge in [-0.15, -0.1) is 0 Å². The molecule has 4 nitrogen and oxygen atoms in total. The van der Waals surface area contributed by atoms with E-state index in [1.54, 1.807) is 0 Å². The van der Waals surface area contributed by atoms with Crippen molar-refractivity contribution in [3.8, 4) is 0 Å². The summed E-state index contributed by atoms with van der Waals surface area (Å²) in [4.78, 5) is 22.9. The highest BCUT2D eigenvalue weighted by molar-refractivity contribution is 5.91. The molecule has 0 fully saturated rings. The van der Waals surface area contributed by atoms with Gasteiger partial charge in [-0.05, 0) is 26.2 Å². The van der Waals surface area contributed by atoms with Gasteiger partial charge in [0.05, 0.1) is 12.7 Å². The third-order valence-corrected chi connectivity index (χ3v) is 3.10. The monoisotopic (exact) mass is 286 g/mol. The van der Waals surface area contributed by atoms with Crippen molar-refractivity contribution in [2.45, 2.75) is 84.7 Å². The molecule has 0 amide bonds. The van der Waals surface area contributed by atoms with Gasteiger partial charge >= 0.3 is 11.9 Å². The lowest BCUT2D eigenvalue weighted by Gasteiger charge is -2.12. The maximum absolute atomic E-state index is 11.5. The Labute approximate surface area is 123 Å². The minimum atomic E-state index is -0.479. The molecular weight excluding hydrogens is 256 g/mol. The van der Waals surface area contributed by atoms with Crippen LogP contribution in [0.15, 0.2) is 0 Å². The molecule has 4 heteroatoms. The van der Waals surface area contributed by atoms with Crippen molar-refractivity contribution in [1.29, 1.82) is 0 Å². The van der Waals surface area contributed by atoms with E-state index in [0.717, 1.165) is 51.4 Å². The van der Waals surface area contributed by atoms with E-state index in [2.05, 4.69) is 13.8 Å². The van der Waals surface area contributed by atoms with Crippen LogP contribution in [0.3, 0.4) is 0 Å². The number of hydrogen-bond acceptors (Lipinski definition) is 4. The molecule has 0 aliphatic heterocycles. The predicted molar refractivity (Wildman–Crippen MR) is 79.4 cm³/mol. The second kappa shape index (κ2) is 12.9. The van der Waals surface area contributed by atoms with Crippen LogP contribution in [-0.4, -0.2) is 24.6 Å². The molecule has 0 heterocycles. The van der Waals surface area contributed by atoms with Crippen LogP contribution < -0.4 is 0 Å². The molecule has 0 radical (unpaired) electrons. The number of carbonyl (C=O) groups is 2. The number of unbranched alkanes of at least 4 members (excludes halogenated alkanes) is 5. The molecule has 0 aliphatic rings. The Balaban J connectivity index is 3.60. The maximum atomic E-state index is 11.5. The fraction of sp³-hybridized carbons (Fsp3) is 0.875. The van der Waals surface area contributed by atoms with Gasteiger partial charge in [0.1, 0.15) is 6.42 Å². The van der Waals surface area contributed by atoms with E-state index in [1.165, 1.54) is 0 Å². The second-order valence-corrected chi connectivity index (χ2v) is 5.25. The molecule has 1 atom stereocenters. The zero-order chi connectivity index (χ0) is 15.2. The first-order chi connectivity index (χ1) is 9.60. The number of esters is 2. The minimum Gasteiger partial charge on any atom is -0.465 e. The minimum absolute atomic E-state index is 0.119. The smallest absolute Gasteiger partial charge is 0.317 e. The lowest BCUT2D eigenvalue weighted by atomic mass is 10.1. The van der Waals surface area contributed by atoms with Gasteiger partial charge in [-0.1, -0.05) is 46.0 Å². The normalized spacial score (nSPS) is 11.9. The summed E-state index contributed by atoms with van der Waals surface area (Å²) in [7, 11) is 0. The first-order valence-corrected chi connectivity index (χ1v) is 7.95. The number of carbonyl (C=O) groups excluding carboxylic acids is 2. The van der Waals surface area contributed by atoms with Crippen molar-refractivity contribution in [3.63, 3.8) is 0 Å².